The first-order valence-corrected chi connectivity index (χ1v) is 13.9. The topological polar surface area (TPSA) is 153 Å². The van der Waals surface area contributed by atoms with Gasteiger partial charge in [-0.15, -0.1) is 0 Å². The molecule has 12 nitrogen and oxygen atoms in total. The summed E-state index contributed by atoms with van der Waals surface area (Å²) >= 11 is 1.20. The highest BCUT2D eigenvalue weighted by atomic mass is 32.1. The van der Waals surface area contributed by atoms with E-state index in [1.807, 2.05) is 4.90 Å². The van der Waals surface area contributed by atoms with Crippen molar-refractivity contribution in [3.63, 3.8) is 0 Å². The molecule has 0 aliphatic carbocycles. The fourth-order valence-electron chi connectivity index (χ4n) is 4.45. The standard InChI is InChI=1S/C28H30N3O9S/c1-3-38-25(33)9-11-29(12-10-26(34)39-4-2)19-6-5-18-15-21(28(35)40-23(18)16-19)27-30(13-14-32)22-8-7-20(31(36)37)17-24(22)41-27/h5-8,15-17,32H,3-4,9-14H2,1-2H3/q+1. The van der Waals surface area contributed by atoms with E-state index in [0.717, 1.165) is 0 Å². The average Bonchev–Trinajstić information content (AvgIpc) is 3.30. The van der Waals surface area contributed by atoms with Crippen molar-refractivity contribution in [1.29, 1.82) is 0 Å². The van der Waals surface area contributed by atoms with Crippen molar-refractivity contribution in [2.45, 2.75) is 33.2 Å². The summed E-state index contributed by atoms with van der Waals surface area (Å²) in [6.07, 6.45) is 0.207. The zero-order chi connectivity index (χ0) is 29.5. The van der Waals surface area contributed by atoms with Crippen molar-refractivity contribution < 1.29 is 38.1 Å². The number of carbonyl (C=O) groups excluding carboxylic acids is 2. The van der Waals surface area contributed by atoms with Crippen LogP contribution in [0.15, 0.2) is 51.7 Å². The zero-order valence-electron chi connectivity index (χ0n) is 22.7. The van der Waals surface area contributed by atoms with E-state index >= 15 is 0 Å². The summed E-state index contributed by atoms with van der Waals surface area (Å²) in [5.41, 5.74) is 1.16. The fraction of sp³-hybridized carbons (Fsp3) is 0.357. The number of aromatic nitrogens is 1. The van der Waals surface area contributed by atoms with Crippen LogP contribution in [0.25, 0.3) is 31.8 Å². The quantitative estimate of drug-likeness (QED) is 0.0811. The van der Waals surface area contributed by atoms with E-state index in [4.69, 9.17) is 13.9 Å². The third kappa shape index (κ3) is 6.87. The number of nitro benzene ring substituents is 1. The number of aliphatic hydroxyl groups is 1. The van der Waals surface area contributed by atoms with Crippen molar-refractivity contribution in [1.82, 2.24) is 0 Å². The van der Waals surface area contributed by atoms with E-state index in [2.05, 4.69) is 0 Å². The average molecular weight is 585 g/mol. The molecule has 2 aromatic carbocycles. The van der Waals surface area contributed by atoms with Crippen LogP contribution in [0, 0.1) is 10.1 Å². The Labute approximate surface area is 238 Å². The summed E-state index contributed by atoms with van der Waals surface area (Å²) in [5, 5.41) is 22.0. The third-order valence-electron chi connectivity index (χ3n) is 6.32. The predicted molar refractivity (Wildman–Crippen MR) is 152 cm³/mol. The van der Waals surface area contributed by atoms with Gasteiger partial charge in [-0.05, 0) is 32.0 Å². The lowest BCUT2D eigenvalue weighted by Crippen LogP contribution is -2.37. The molecule has 0 unspecified atom stereocenters. The Kier molecular flexibility index (Phi) is 9.63. The number of nitrogens with zero attached hydrogens (tertiary/aromatic N) is 3. The summed E-state index contributed by atoms with van der Waals surface area (Å²) < 4.78 is 18.1. The summed E-state index contributed by atoms with van der Waals surface area (Å²) in [7, 11) is 0. The SMILES string of the molecule is CCOC(=O)CCN(CCC(=O)OCC)c1ccc2cc(-c3sc4cc([N+](=O)[O-])ccc4[n+]3CCO)c(=O)oc2c1. The highest BCUT2D eigenvalue weighted by Gasteiger charge is 2.27. The second kappa shape index (κ2) is 13.3. The number of ether oxygens (including phenoxy) is 2. The predicted octanol–water partition coefficient (Wildman–Crippen LogP) is 3.58. The van der Waals surface area contributed by atoms with Crippen LogP contribution in [-0.4, -0.2) is 54.9 Å². The van der Waals surface area contributed by atoms with Crippen LogP contribution in [0.4, 0.5) is 11.4 Å². The Morgan fingerprint density at radius 2 is 1.73 bits per heavy atom. The number of fused-ring (bicyclic) bond motifs is 2. The van der Waals surface area contributed by atoms with Gasteiger partial charge in [-0.2, -0.15) is 4.57 Å². The molecule has 0 saturated heterocycles. The molecule has 2 aromatic heterocycles. The summed E-state index contributed by atoms with van der Waals surface area (Å²) in [6, 6.07) is 11.3. The Hall–Kier alpha value is -4.36. The largest absolute Gasteiger partial charge is 0.466 e. The number of non-ortho nitro benzene ring substituents is 1. The van der Waals surface area contributed by atoms with Crippen LogP contribution in [0.2, 0.25) is 0 Å². The minimum Gasteiger partial charge on any atom is -0.466 e. The number of esters is 2. The molecule has 0 aliphatic rings. The van der Waals surface area contributed by atoms with E-state index < -0.39 is 10.5 Å². The molecule has 4 aromatic rings. The normalized spacial score (nSPS) is 11.1. The molecule has 0 amide bonds. The summed E-state index contributed by atoms with van der Waals surface area (Å²) in [6.45, 7) is 4.52. The van der Waals surface area contributed by atoms with Gasteiger partial charge in [0.25, 0.3) is 10.7 Å². The second-order valence-electron chi connectivity index (χ2n) is 8.96. The Morgan fingerprint density at radius 1 is 1.05 bits per heavy atom. The maximum absolute atomic E-state index is 13.2. The van der Waals surface area contributed by atoms with E-state index in [1.165, 1.54) is 23.5 Å². The van der Waals surface area contributed by atoms with Gasteiger partial charge in [0.05, 0.1) is 31.0 Å². The molecule has 2 heterocycles. The number of nitro groups is 1. The Balaban J connectivity index is 1.71. The number of benzene rings is 2. The van der Waals surface area contributed by atoms with E-state index in [1.54, 1.807) is 48.7 Å². The molecule has 41 heavy (non-hydrogen) atoms. The lowest BCUT2D eigenvalue weighted by molar-refractivity contribution is -0.658. The molecule has 4 rings (SSSR count). The number of rotatable bonds is 13. The van der Waals surface area contributed by atoms with Crippen LogP contribution in [0.3, 0.4) is 0 Å². The van der Waals surface area contributed by atoms with Crippen molar-refractivity contribution in [2.75, 3.05) is 37.8 Å². The first-order valence-electron chi connectivity index (χ1n) is 13.1. The summed E-state index contributed by atoms with van der Waals surface area (Å²) in [5.74, 6) is -0.731. The lowest BCUT2D eigenvalue weighted by atomic mass is 10.1. The minimum atomic E-state index is -0.619. The molecule has 1 N–H and O–H groups in total. The molecule has 216 valence electrons. The molecular formula is C28H30N3O9S+. The van der Waals surface area contributed by atoms with Gasteiger partial charge in [-0.3, -0.25) is 19.7 Å². The van der Waals surface area contributed by atoms with Gasteiger partial charge in [0.15, 0.2) is 6.54 Å². The van der Waals surface area contributed by atoms with Crippen LogP contribution in [0.5, 0.6) is 0 Å². The van der Waals surface area contributed by atoms with Crippen molar-refractivity contribution in [2.24, 2.45) is 0 Å². The van der Waals surface area contributed by atoms with Gasteiger partial charge in [-0.1, -0.05) is 11.3 Å². The van der Waals surface area contributed by atoms with E-state index in [-0.39, 0.29) is 75.5 Å². The first-order chi connectivity index (χ1) is 19.7. The minimum absolute atomic E-state index is 0.0741. The van der Waals surface area contributed by atoms with Gasteiger partial charge in [0, 0.05) is 48.4 Å². The van der Waals surface area contributed by atoms with Gasteiger partial charge in [-0.25, -0.2) is 4.79 Å². The Bertz CT molecular complexity index is 1620. The van der Waals surface area contributed by atoms with Gasteiger partial charge < -0.3 is 23.9 Å². The summed E-state index contributed by atoms with van der Waals surface area (Å²) in [4.78, 5) is 49.8. The van der Waals surface area contributed by atoms with Crippen LogP contribution in [-0.2, 0) is 25.6 Å². The number of hydrogen-bond acceptors (Lipinski definition) is 11. The maximum Gasteiger partial charge on any atom is 0.351 e. The molecule has 0 fully saturated rings. The maximum atomic E-state index is 13.2. The number of thiazole rings is 1. The van der Waals surface area contributed by atoms with Crippen molar-refractivity contribution in [3.05, 3.63) is 63.0 Å². The molecule has 13 heteroatoms. The molecule has 0 saturated carbocycles. The second-order valence-corrected chi connectivity index (χ2v) is 9.99. The van der Waals surface area contributed by atoms with Crippen LogP contribution >= 0.6 is 11.3 Å². The van der Waals surface area contributed by atoms with Gasteiger partial charge in [0.2, 0.25) is 5.52 Å². The lowest BCUT2D eigenvalue weighted by Gasteiger charge is -2.24. The smallest absolute Gasteiger partial charge is 0.351 e. The first kappa shape index (κ1) is 29.6. The number of anilines is 1. The fourth-order valence-corrected chi connectivity index (χ4v) is 5.67. The monoisotopic (exact) mass is 584 g/mol. The Morgan fingerprint density at radius 3 is 2.34 bits per heavy atom. The number of aliphatic hydroxyl groups excluding tert-OH is 1. The molecule has 0 radical (unpaired) electrons. The van der Waals surface area contributed by atoms with Crippen molar-refractivity contribution in [3.8, 4) is 10.6 Å². The van der Waals surface area contributed by atoms with Crippen molar-refractivity contribution >= 4 is 55.8 Å². The number of carbonyl (C=O) groups is 2. The molecule has 0 bridgehead atoms. The molecule has 0 atom stereocenters. The van der Waals surface area contributed by atoms with E-state index in [9.17, 15) is 29.6 Å². The highest BCUT2D eigenvalue weighted by molar-refractivity contribution is 7.21. The van der Waals surface area contributed by atoms with Crippen LogP contribution in [0.1, 0.15) is 26.7 Å². The van der Waals surface area contributed by atoms with Crippen LogP contribution < -0.4 is 15.1 Å². The number of hydrogen-bond donors (Lipinski definition) is 1. The highest BCUT2D eigenvalue weighted by Crippen LogP contribution is 2.32. The zero-order valence-corrected chi connectivity index (χ0v) is 23.5. The molecular weight excluding hydrogens is 554 g/mol. The third-order valence-corrected chi connectivity index (χ3v) is 7.50. The molecule has 0 spiro atoms. The van der Waals surface area contributed by atoms with Gasteiger partial charge >= 0.3 is 17.6 Å². The van der Waals surface area contributed by atoms with E-state index in [0.29, 0.717) is 31.9 Å². The molecule has 0 aliphatic heterocycles. The van der Waals surface area contributed by atoms with Gasteiger partial charge in [0.1, 0.15) is 22.5 Å².